The van der Waals surface area contributed by atoms with E-state index in [1.165, 1.54) is 11.8 Å². The highest BCUT2D eigenvalue weighted by Gasteiger charge is 2.30. The average Bonchev–Trinajstić information content (AvgIpc) is 2.81. The van der Waals surface area contributed by atoms with Crippen molar-refractivity contribution in [2.75, 3.05) is 11.1 Å². The lowest BCUT2D eigenvalue weighted by molar-refractivity contribution is -0.114. The molecular weight excluding hydrogens is 342 g/mol. The van der Waals surface area contributed by atoms with Gasteiger partial charge < -0.3 is 11.1 Å². The van der Waals surface area contributed by atoms with Crippen LogP contribution in [0.5, 0.6) is 0 Å². The second kappa shape index (κ2) is 7.06. The molecule has 0 saturated heterocycles. The molecule has 4 nitrogen and oxygen atoms in total. The lowest BCUT2D eigenvalue weighted by Gasteiger charge is -2.17. The quantitative estimate of drug-likeness (QED) is 0.677. The summed E-state index contributed by atoms with van der Waals surface area (Å²) >= 11 is 1.42. The van der Waals surface area contributed by atoms with E-state index in [0.717, 1.165) is 27.5 Å². The van der Waals surface area contributed by atoms with Crippen LogP contribution in [-0.4, -0.2) is 16.9 Å². The molecule has 26 heavy (non-hydrogen) atoms. The van der Waals surface area contributed by atoms with Crippen LogP contribution in [0.25, 0.3) is 0 Å². The first kappa shape index (κ1) is 16.4. The Morgan fingerprint density at radius 2 is 1.58 bits per heavy atom. The maximum Gasteiger partial charge on any atom is 0.244 e. The number of anilines is 2. The highest BCUT2D eigenvalue weighted by atomic mass is 32.2. The SMILES string of the molecule is Nc1ccccc1SC1C(=O)Nc2ccccc2N=C1c1ccccc1. The normalized spacial score (nSPS) is 16.2. The first-order valence-electron chi connectivity index (χ1n) is 8.27. The summed E-state index contributed by atoms with van der Waals surface area (Å²) in [7, 11) is 0. The molecule has 4 rings (SSSR count). The van der Waals surface area contributed by atoms with Gasteiger partial charge >= 0.3 is 0 Å². The van der Waals surface area contributed by atoms with Crippen molar-refractivity contribution >= 4 is 40.4 Å². The summed E-state index contributed by atoms with van der Waals surface area (Å²) in [4.78, 5) is 18.7. The molecule has 1 atom stereocenters. The standard InChI is InChI=1S/C21H17N3OS/c22-15-10-4-7-13-18(15)26-20-19(14-8-2-1-3-9-14)23-16-11-5-6-12-17(16)24-21(20)25/h1-13,20H,22H2,(H,24,25). The number of thioether (sulfide) groups is 1. The number of rotatable bonds is 3. The van der Waals surface area contributed by atoms with Gasteiger partial charge in [0, 0.05) is 10.6 Å². The summed E-state index contributed by atoms with van der Waals surface area (Å²) < 4.78 is 0. The number of fused-ring (bicyclic) bond motifs is 1. The number of hydrogen-bond acceptors (Lipinski definition) is 4. The van der Waals surface area contributed by atoms with Gasteiger partial charge in [0.05, 0.1) is 17.1 Å². The van der Waals surface area contributed by atoms with E-state index < -0.39 is 5.25 Å². The predicted molar refractivity (Wildman–Crippen MR) is 108 cm³/mol. The van der Waals surface area contributed by atoms with Crippen molar-refractivity contribution in [1.82, 2.24) is 0 Å². The largest absolute Gasteiger partial charge is 0.398 e. The van der Waals surface area contributed by atoms with Crippen molar-refractivity contribution in [3.05, 3.63) is 84.4 Å². The van der Waals surface area contributed by atoms with E-state index in [0.29, 0.717) is 5.69 Å². The van der Waals surface area contributed by atoms with Gasteiger partial charge in [-0.05, 0) is 29.8 Å². The number of aliphatic imine (C=N–C) groups is 1. The summed E-state index contributed by atoms with van der Waals surface area (Å²) in [5.41, 5.74) is 9.87. The maximum absolute atomic E-state index is 13.0. The molecule has 1 unspecified atom stereocenters. The first-order chi connectivity index (χ1) is 12.7. The van der Waals surface area contributed by atoms with Crippen molar-refractivity contribution in [2.24, 2.45) is 4.99 Å². The highest BCUT2D eigenvalue weighted by Crippen LogP contribution is 2.36. The smallest absolute Gasteiger partial charge is 0.244 e. The van der Waals surface area contributed by atoms with Gasteiger partial charge in [-0.1, -0.05) is 54.6 Å². The first-order valence-corrected chi connectivity index (χ1v) is 9.15. The molecule has 3 aromatic rings. The number of nitrogens with one attached hydrogen (secondary N) is 1. The Morgan fingerprint density at radius 1 is 0.885 bits per heavy atom. The van der Waals surface area contributed by atoms with E-state index in [1.54, 1.807) is 0 Å². The van der Waals surface area contributed by atoms with E-state index in [-0.39, 0.29) is 5.91 Å². The van der Waals surface area contributed by atoms with Gasteiger partial charge in [0.25, 0.3) is 0 Å². The van der Waals surface area contributed by atoms with Crippen molar-refractivity contribution < 1.29 is 4.79 Å². The zero-order valence-electron chi connectivity index (χ0n) is 13.9. The number of nitrogens with zero attached hydrogens (tertiary/aromatic N) is 1. The lowest BCUT2D eigenvalue weighted by atomic mass is 10.1. The monoisotopic (exact) mass is 359 g/mol. The molecule has 0 saturated carbocycles. The maximum atomic E-state index is 13.0. The number of carbonyl (C=O) groups is 1. The highest BCUT2D eigenvalue weighted by molar-refractivity contribution is 8.01. The van der Waals surface area contributed by atoms with Gasteiger partial charge in [0.2, 0.25) is 5.91 Å². The minimum Gasteiger partial charge on any atom is -0.398 e. The Hall–Kier alpha value is -3.05. The summed E-state index contributed by atoms with van der Waals surface area (Å²) in [6.07, 6.45) is 0. The van der Waals surface area contributed by atoms with Crippen LogP contribution in [0.2, 0.25) is 0 Å². The Kier molecular flexibility index (Phi) is 4.46. The fraction of sp³-hybridized carbons (Fsp3) is 0.0476. The number of carbonyl (C=O) groups excluding carboxylic acids is 1. The third-order valence-corrected chi connectivity index (χ3v) is 5.42. The zero-order chi connectivity index (χ0) is 17.9. The van der Waals surface area contributed by atoms with Crippen LogP contribution in [0.15, 0.2) is 88.8 Å². The third kappa shape index (κ3) is 3.21. The van der Waals surface area contributed by atoms with E-state index >= 15 is 0 Å². The van der Waals surface area contributed by atoms with Gasteiger partial charge in [-0.3, -0.25) is 4.79 Å². The van der Waals surface area contributed by atoms with E-state index in [2.05, 4.69) is 5.32 Å². The average molecular weight is 359 g/mol. The molecule has 1 aliphatic rings. The molecule has 128 valence electrons. The molecule has 0 bridgehead atoms. The van der Waals surface area contributed by atoms with Gasteiger partial charge in [0.1, 0.15) is 5.25 Å². The minimum absolute atomic E-state index is 0.106. The summed E-state index contributed by atoms with van der Waals surface area (Å²) in [5.74, 6) is -0.106. The fourth-order valence-electron chi connectivity index (χ4n) is 2.84. The minimum atomic E-state index is -0.505. The van der Waals surface area contributed by atoms with Crippen LogP contribution in [-0.2, 0) is 4.79 Å². The molecular formula is C21H17N3OS. The second-order valence-electron chi connectivity index (χ2n) is 5.91. The summed E-state index contributed by atoms with van der Waals surface area (Å²) in [6, 6.07) is 24.9. The molecule has 0 spiro atoms. The molecule has 3 N–H and O–H groups in total. The second-order valence-corrected chi connectivity index (χ2v) is 7.05. The zero-order valence-corrected chi connectivity index (χ0v) is 14.7. The van der Waals surface area contributed by atoms with Crippen LogP contribution in [0.3, 0.4) is 0 Å². The van der Waals surface area contributed by atoms with Gasteiger partial charge in [-0.25, -0.2) is 4.99 Å². The lowest BCUT2D eigenvalue weighted by Crippen LogP contribution is -2.31. The molecule has 0 fully saturated rings. The predicted octanol–water partition coefficient (Wildman–Crippen LogP) is 4.50. The van der Waals surface area contributed by atoms with Crippen molar-refractivity contribution in [3.63, 3.8) is 0 Å². The fourth-order valence-corrected chi connectivity index (χ4v) is 3.92. The summed E-state index contributed by atoms with van der Waals surface area (Å²) in [6.45, 7) is 0. The number of amides is 1. The molecule has 1 aliphatic heterocycles. The Bertz CT molecular complexity index is 985. The molecule has 3 aromatic carbocycles. The van der Waals surface area contributed by atoms with Crippen molar-refractivity contribution in [3.8, 4) is 0 Å². The van der Waals surface area contributed by atoms with Gasteiger partial charge in [0.15, 0.2) is 0 Å². The van der Waals surface area contributed by atoms with Crippen LogP contribution in [0.1, 0.15) is 5.56 Å². The summed E-state index contributed by atoms with van der Waals surface area (Å²) in [5, 5.41) is 2.49. The number of hydrogen-bond donors (Lipinski definition) is 2. The number of para-hydroxylation sites is 3. The van der Waals surface area contributed by atoms with Crippen LogP contribution in [0, 0.1) is 0 Å². The molecule has 1 heterocycles. The topological polar surface area (TPSA) is 67.5 Å². The van der Waals surface area contributed by atoms with E-state index in [1.807, 2.05) is 78.9 Å². The number of benzene rings is 3. The number of nitrogen functional groups attached to an aromatic ring is 1. The van der Waals surface area contributed by atoms with E-state index in [9.17, 15) is 4.79 Å². The number of nitrogens with two attached hydrogens (primary N) is 1. The van der Waals surface area contributed by atoms with Gasteiger partial charge in [-0.2, -0.15) is 0 Å². The van der Waals surface area contributed by atoms with Crippen LogP contribution < -0.4 is 11.1 Å². The van der Waals surface area contributed by atoms with Crippen molar-refractivity contribution in [2.45, 2.75) is 10.1 Å². The third-order valence-electron chi connectivity index (χ3n) is 4.12. The van der Waals surface area contributed by atoms with Crippen LogP contribution >= 0.6 is 11.8 Å². The van der Waals surface area contributed by atoms with Gasteiger partial charge in [-0.15, -0.1) is 11.8 Å². The molecule has 5 heteroatoms. The molecule has 0 aromatic heterocycles. The van der Waals surface area contributed by atoms with Crippen LogP contribution in [0.4, 0.5) is 17.1 Å². The van der Waals surface area contributed by atoms with E-state index in [4.69, 9.17) is 10.7 Å². The molecule has 0 radical (unpaired) electrons. The van der Waals surface area contributed by atoms with Crippen molar-refractivity contribution in [1.29, 1.82) is 0 Å². The molecule has 0 aliphatic carbocycles. The Labute approximate surface area is 156 Å². The Balaban J connectivity index is 1.83. The Morgan fingerprint density at radius 3 is 2.38 bits per heavy atom. The molecule has 1 amide bonds.